The van der Waals surface area contributed by atoms with Crippen LogP contribution in [0.5, 0.6) is 0 Å². The minimum absolute atomic E-state index is 0.209. The van der Waals surface area contributed by atoms with E-state index in [0.29, 0.717) is 6.04 Å². The zero-order valence-electron chi connectivity index (χ0n) is 10.8. The van der Waals surface area contributed by atoms with Gasteiger partial charge in [-0.15, -0.1) is 0 Å². The summed E-state index contributed by atoms with van der Waals surface area (Å²) in [5, 5.41) is 5.17. The molecule has 1 aromatic carbocycles. The molecule has 0 bridgehead atoms. The van der Waals surface area contributed by atoms with Crippen LogP contribution in [0.25, 0.3) is 10.9 Å². The smallest absolute Gasteiger partial charge is 0.128 e. The summed E-state index contributed by atoms with van der Waals surface area (Å²) >= 11 is 6.31. The van der Waals surface area contributed by atoms with Crippen molar-refractivity contribution in [2.24, 2.45) is 5.73 Å². The lowest BCUT2D eigenvalue weighted by Gasteiger charge is -2.29. The number of pyridine rings is 1. The van der Waals surface area contributed by atoms with Gasteiger partial charge in [-0.2, -0.15) is 0 Å². The van der Waals surface area contributed by atoms with Crippen molar-refractivity contribution in [3.05, 3.63) is 35.4 Å². The van der Waals surface area contributed by atoms with E-state index < -0.39 is 0 Å². The first kappa shape index (κ1) is 12.7. The van der Waals surface area contributed by atoms with Crippen molar-refractivity contribution in [1.29, 1.82) is 0 Å². The first-order valence-electron chi connectivity index (χ1n) is 6.81. The minimum Gasteiger partial charge on any atom is -0.366 e. The number of aromatic nitrogens is 1. The van der Waals surface area contributed by atoms with Crippen LogP contribution in [0.3, 0.4) is 0 Å². The first-order valence-corrected chi connectivity index (χ1v) is 7.19. The van der Waals surface area contributed by atoms with Gasteiger partial charge < -0.3 is 11.1 Å². The van der Waals surface area contributed by atoms with Crippen LogP contribution < -0.4 is 11.1 Å². The number of fused-ring (bicyclic) bond motifs is 1. The molecular formula is C15H18ClN3. The number of anilines is 1. The van der Waals surface area contributed by atoms with Crippen molar-refractivity contribution in [3.63, 3.8) is 0 Å². The molecule has 0 unspecified atom stereocenters. The van der Waals surface area contributed by atoms with E-state index >= 15 is 0 Å². The lowest BCUT2D eigenvalue weighted by Crippen LogP contribution is -2.42. The van der Waals surface area contributed by atoms with Crippen LogP contribution in [-0.4, -0.2) is 17.1 Å². The Morgan fingerprint density at radius 1 is 1.21 bits per heavy atom. The third-order valence-electron chi connectivity index (χ3n) is 3.82. The van der Waals surface area contributed by atoms with E-state index in [1.807, 2.05) is 30.3 Å². The molecule has 0 aliphatic heterocycles. The molecule has 100 valence electrons. The van der Waals surface area contributed by atoms with Crippen molar-refractivity contribution in [1.82, 2.24) is 4.98 Å². The number of para-hydroxylation sites is 1. The second-order valence-corrected chi connectivity index (χ2v) is 5.61. The molecule has 0 radical (unpaired) electrons. The van der Waals surface area contributed by atoms with E-state index in [0.717, 1.165) is 34.6 Å². The van der Waals surface area contributed by atoms with E-state index in [-0.39, 0.29) is 6.04 Å². The van der Waals surface area contributed by atoms with Crippen LogP contribution >= 0.6 is 11.6 Å². The number of nitrogens with one attached hydrogen (secondary N) is 1. The zero-order chi connectivity index (χ0) is 13.2. The Morgan fingerprint density at radius 3 is 2.84 bits per heavy atom. The molecule has 2 aromatic rings. The summed E-state index contributed by atoms with van der Waals surface area (Å²) in [5.74, 6) is 0.825. The highest BCUT2D eigenvalue weighted by Crippen LogP contribution is 2.27. The average Bonchev–Trinajstić information content (AvgIpc) is 2.42. The molecule has 1 saturated carbocycles. The van der Waals surface area contributed by atoms with E-state index in [1.165, 1.54) is 12.8 Å². The minimum atomic E-state index is 0.209. The Kier molecular flexibility index (Phi) is 3.58. The summed E-state index contributed by atoms with van der Waals surface area (Å²) in [6, 6.07) is 10.3. The van der Waals surface area contributed by atoms with Gasteiger partial charge in [0, 0.05) is 17.5 Å². The number of nitrogens with two attached hydrogens (primary N) is 1. The number of hydrogen-bond donors (Lipinski definition) is 2. The molecule has 1 aliphatic carbocycles. The lowest BCUT2D eigenvalue weighted by atomic mass is 9.91. The molecule has 3 N–H and O–H groups in total. The maximum atomic E-state index is 6.31. The van der Waals surface area contributed by atoms with E-state index in [2.05, 4.69) is 10.3 Å². The second-order valence-electron chi connectivity index (χ2n) is 5.21. The number of nitrogens with zero attached hydrogens (tertiary/aromatic N) is 1. The van der Waals surface area contributed by atoms with E-state index in [9.17, 15) is 0 Å². The molecule has 1 aliphatic rings. The molecule has 0 spiro atoms. The van der Waals surface area contributed by atoms with Gasteiger partial charge in [-0.3, -0.25) is 0 Å². The summed E-state index contributed by atoms with van der Waals surface area (Å²) in [7, 11) is 0. The van der Waals surface area contributed by atoms with Gasteiger partial charge in [0.25, 0.3) is 0 Å². The van der Waals surface area contributed by atoms with Crippen molar-refractivity contribution in [2.75, 3.05) is 5.32 Å². The van der Waals surface area contributed by atoms with Crippen LogP contribution in [0.2, 0.25) is 5.02 Å². The maximum absolute atomic E-state index is 6.31. The fraction of sp³-hybridized carbons (Fsp3) is 0.400. The largest absolute Gasteiger partial charge is 0.366 e. The molecule has 1 aromatic heterocycles. The zero-order valence-corrected chi connectivity index (χ0v) is 11.5. The monoisotopic (exact) mass is 275 g/mol. The van der Waals surface area contributed by atoms with Gasteiger partial charge in [-0.1, -0.05) is 42.6 Å². The average molecular weight is 276 g/mol. The van der Waals surface area contributed by atoms with Gasteiger partial charge in [-0.05, 0) is 25.0 Å². The molecule has 0 saturated heterocycles. The first-order chi connectivity index (χ1) is 9.24. The van der Waals surface area contributed by atoms with Crippen molar-refractivity contribution < 1.29 is 0 Å². The maximum Gasteiger partial charge on any atom is 0.128 e. The van der Waals surface area contributed by atoms with E-state index in [4.69, 9.17) is 17.3 Å². The van der Waals surface area contributed by atoms with Crippen molar-refractivity contribution in [3.8, 4) is 0 Å². The predicted molar refractivity (Wildman–Crippen MR) is 80.6 cm³/mol. The molecular weight excluding hydrogens is 258 g/mol. The van der Waals surface area contributed by atoms with Crippen LogP contribution in [0, 0.1) is 0 Å². The quantitative estimate of drug-likeness (QED) is 0.881. The SMILES string of the molecule is N[C@H]1CCCC[C@@H]1Nc1cc(Cl)c2ccccc2n1. The second kappa shape index (κ2) is 5.35. The summed E-state index contributed by atoms with van der Waals surface area (Å²) in [5.41, 5.74) is 7.07. The highest BCUT2D eigenvalue weighted by atomic mass is 35.5. The van der Waals surface area contributed by atoms with Gasteiger partial charge in [0.2, 0.25) is 0 Å². The van der Waals surface area contributed by atoms with Gasteiger partial charge >= 0.3 is 0 Å². The van der Waals surface area contributed by atoms with Crippen molar-refractivity contribution >= 4 is 28.3 Å². The van der Waals surface area contributed by atoms with Gasteiger partial charge in [0.1, 0.15) is 5.82 Å². The highest BCUT2D eigenvalue weighted by Gasteiger charge is 2.22. The Morgan fingerprint density at radius 2 is 2.00 bits per heavy atom. The lowest BCUT2D eigenvalue weighted by molar-refractivity contribution is 0.403. The summed E-state index contributed by atoms with van der Waals surface area (Å²) in [6.45, 7) is 0. The van der Waals surface area contributed by atoms with Crippen LogP contribution in [0.15, 0.2) is 30.3 Å². The van der Waals surface area contributed by atoms with Crippen LogP contribution in [-0.2, 0) is 0 Å². The topological polar surface area (TPSA) is 50.9 Å². The molecule has 4 heteroatoms. The summed E-state index contributed by atoms with van der Waals surface area (Å²) < 4.78 is 0. The molecule has 19 heavy (non-hydrogen) atoms. The molecule has 1 heterocycles. The number of benzene rings is 1. The van der Waals surface area contributed by atoms with Crippen LogP contribution in [0.4, 0.5) is 5.82 Å². The van der Waals surface area contributed by atoms with E-state index in [1.54, 1.807) is 0 Å². The number of halogens is 1. The molecule has 3 rings (SSSR count). The van der Waals surface area contributed by atoms with Crippen LogP contribution in [0.1, 0.15) is 25.7 Å². The van der Waals surface area contributed by atoms with Gasteiger partial charge in [-0.25, -0.2) is 4.98 Å². The molecule has 0 amide bonds. The molecule has 2 atom stereocenters. The molecule has 1 fully saturated rings. The highest BCUT2D eigenvalue weighted by molar-refractivity contribution is 6.35. The standard InChI is InChI=1S/C15H18ClN3/c16-11-9-15(18-13-7-3-1-5-10(11)13)19-14-8-4-2-6-12(14)17/h1,3,5,7,9,12,14H,2,4,6,8,17H2,(H,18,19)/t12-,14-/m0/s1. The summed E-state index contributed by atoms with van der Waals surface area (Å²) in [4.78, 5) is 4.61. The molecule has 3 nitrogen and oxygen atoms in total. The summed E-state index contributed by atoms with van der Waals surface area (Å²) in [6.07, 6.45) is 4.64. The normalized spacial score (nSPS) is 23.5. The van der Waals surface area contributed by atoms with Gasteiger partial charge in [0.05, 0.1) is 10.5 Å². The third-order valence-corrected chi connectivity index (χ3v) is 4.13. The van der Waals surface area contributed by atoms with Crippen molar-refractivity contribution in [2.45, 2.75) is 37.8 Å². The Balaban J connectivity index is 1.88. The van der Waals surface area contributed by atoms with Gasteiger partial charge in [0.15, 0.2) is 0 Å². The number of rotatable bonds is 2. The Bertz CT molecular complexity index is 585. The third kappa shape index (κ3) is 2.67. The Labute approximate surface area is 118 Å². The fourth-order valence-electron chi connectivity index (χ4n) is 2.74. The number of hydrogen-bond acceptors (Lipinski definition) is 3. The predicted octanol–water partition coefficient (Wildman–Crippen LogP) is 3.57. The fourth-order valence-corrected chi connectivity index (χ4v) is 3.00. The Hall–Kier alpha value is -1.32.